The van der Waals surface area contributed by atoms with Crippen molar-refractivity contribution in [2.24, 2.45) is 0 Å². The molecule has 4 heteroatoms. The first-order valence-electron chi connectivity index (χ1n) is 35.2. The molecule has 0 bridgehead atoms. The molecule has 0 atom stereocenters. The number of nitriles is 2. The number of hydrogen-bond donors (Lipinski definition) is 0. The smallest absolute Gasteiger partial charge is 0.0991 e. The second-order valence-corrected chi connectivity index (χ2v) is 26.8. The minimum atomic E-state index is 0.650. The Hall–Kier alpha value is -14.2. The van der Waals surface area contributed by atoms with Gasteiger partial charge in [-0.2, -0.15) is 10.5 Å². The molecule has 0 N–H and O–H groups in total. The second-order valence-electron chi connectivity index (χ2n) is 26.8. The first-order valence-corrected chi connectivity index (χ1v) is 35.2. The van der Waals surface area contributed by atoms with Crippen molar-refractivity contribution in [2.75, 3.05) is 0 Å². The van der Waals surface area contributed by atoms with Crippen LogP contribution >= 0.6 is 0 Å². The number of hydrogen-bond acceptors (Lipinski definition) is 4. The first kappa shape index (κ1) is 61.0. The standard InChI is InChI=1S/C54H32N2.C46H28N2/c55-33-34-19-21-36(22-20-34)41-23-26-46-42-17-9-10-18-43(42)47-27-28-48(53(41)54(46)47)44-24-25-45(50-30-39-16-8-7-15-38(39)29-49(44)50)52-32-40(35-11-3-1-4-12-35)31-51(56-52)37-13-5-2-6-14-37;47-29-30-15-17-34(18-16-30)37-23-24-40-38-13-7-8-14-39(38)41-25-26-42(45(37)46(40)41)44-28-36(27-43(48-44)35-11-5-2-6-12-35)33-21-19-32(20-22-33)31-9-3-1-4-10-31/h1-32H;1-28H. The lowest BCUT2D eigenvalue weighted by atomic mass is 9.85. The van der Waals surface area contributed by atoms with Gasteiger partial charge in [-0.15, -0.1) is 0 Å². The molecule has 0 saturated carbocycles. The van der Waals surface area contributed by atoms with Crippen molar-refractivity contribution in [3.8, 4) is 168 Å². The quantitative estimate of drug-likeness (QED) is 0.128. The van der Waals surface area contributed by atoms with E-state index in [4.69, 9.17) is 9.97 Å². The monoisotopic (exact) mass is 1320 g/mol. The predicted octanol–water partition coefficient (Wildman–Crippen LogP) is 26.5. The molecule has 0 fully saturated rings. The van der Waals surface area contributed by atoms with Crippen LogP contribution in [0.1, 0.15) is 11.1 Å². The van der Waals surface area contributed by atoms with E-state index < -0.39 is 0 Å². The van der Waals surface area contributed by atoms with E-state index in [0.717, 1.165) is 94.9 Å². The van der Waals surface area contributed by atoms with Crippen LogP contribution in [0, 0.1) is 22.7 Å². The molecule has 20 rings (SSSR count). The van der Waals surface area contributed by atoms with Crippen LogP contribution in [-0.4, -0.2) is 9.97 Å². The average molecular weight is 1320 g/mol. The van der Waals surface area contributed by atoms with E-state index in [1.54, 1.807) is 0 Å². The fourth-order valence-electron chi connectivity index (χ4n) is 16.0. The lowest BCUT2D eigenvalue weighted by Crippen LogP contribution is -1.94. The molecule has 104 heavy (non-hydrogen) atoms. The molecule has 480 valence electrons. The normalized spacial score (nSPS) is 11.4. The SMILES string of the molecule is N#Cc1ccc(-c2ccc3c4c(ccc(-c5cc(-c6ccc(-c7ccccc7)cc6)cc(-c6ccccc6)n5)c24)-c2ccccc2-3)cc1.N#Cc1ccc(-c2ccc3c4c(ccc(-c5ccc(-c6cc(-c7ccccc7)cc(-c7ccccc7)n6)c6cc7ccccc7cc56)c24)-c2ccccc2-3)cc1. The molecule has 0 unspecified atom stereocenters. The lowest BCUT2D eigenvalue weighted by Gasteiger charge is -2.18. The summed E-state index contributed by atoms with van der Waals surface area (Å²) in [7, 11) is 0. The summed E-state index contributed by atoms with van der Waals surface area (Å²) in [4.78, 5) is 10.7. The van der Waals surface area contributed by atoms with Crippen molar-refractivity contribution in [1.29, 1.82) is 10.5 Å². The first-order chi connectivity index (χ1) is 51.5. The van der Waals surface area contributed by atoms with E-state index in [1.807, 2.05) is 36.4 Å². The Labute approximate surface area is 603 Å². The highest BCUT2D eigenvalue weighted by Gasteiger charge is 2.28. The van der Waals surface area contributed by atoms with E-state index in [0.29, 0.717) is 11.1 Å². The topological polar surface area (TPSA) is 73.4 Å². The van der Waals surface area contributed by atoms with E-state index in [2.05, 4.69) is 340 Å². The summed E-state index contributed by atoms with van der Waals surface area (Å²) < 4.78 is 0. The maximum Gasteiger partial charge on any atom is 0.0991 e. The Morgan fingerprint density at radius 2 is 0.442 bits per heavy atom. The van der Waals surface area contributed by atoms with Crippen molar-refractivity contribution in [3.63, 3.8) is 0 Å². The minimum Gasteiger partial charge on any atom is -0.248 e. The van der Waals surface area contributed by atoms with Gasteiger partial charge in [0.2, 0.25) is 0 Å². The molecule has 16 aromatic carbocycles. The van der Waals surface area contributed by atoms with Crippen LogP contribution in [0.15, 0.2) is 364 Å². The summed E-state index contributed by atoms with van der Waals surface area (Å²) in [5, 5.41) is 28.7. The van der Waals surface area contributed by atoms with Gasteiger partial charge >= 0.3 is 0 Å². The second kappa shape index (κ2) is 25.5. The Morgan fingerprint density at radius 3 is 0.865 bits per heavy atom. The molecule has 0 aliphatic heterocycles. The number of fused-ring (bicyclic) bond motifs is 8. The molecule has 2 heterocycles. The summed E-state index contributed by atoms with van der Waals surface area (Å²) in [5.41, 5.74) is 33.2. The van der Waals surface area contributed by atoms with E-state index >= 15 is 0 Å². The number of nitrogens with zero attached hydrogens (tertiary/aromatic N) is 4. The Bertz CT molecular complexity index is 6430. The summed E-state index contributed by atoms with van der Waals surface area (Å²) in [6, 6.07) is 134. The van der Waals surface area contributed by atoms with Gasteiger partial charge in [-0.05, 0) is 210 Å². The molecule has 4 nitrogen and oxygen atoms in total. The Kier molecular flexibility index (Phi) is 15.0. The maximum absolute atomic E-state index is 9.62. The molecular weight excluding hydrogens is 1260 g/mol. The Morgan fingerprint density at radius 1 is 0.173 bits per heavy atom. The molecule has 0 spiro atoms. The van der Waals surface area contributed by atoms with E-state index in [-0.39, 0.29) is 0 Å². The largest absolute Gasteiger partial charge is 0.248 e. The summed E-state index contributed by atoms with van der Waals surface area (Å²) >= 11 is 0. The highest BCUT2D eigenvalue weighted by Crippen LogP contribution is 2.55. The summed E-state index contributed by atoms with van der Waals surface area (Å²) in [5.74, 6) is 0. The number of benzene rings is 16. The van der Waals surface area contributed by atoms with Gasteiger partial charge in [0.1, 0.15) is 0 Å². The lowest BCUT2D eigenvalue weighted by molar-refractivity contribution is 1.33. The van der Waals surface area contributed by atoms with E-state index in [9.17, 15) is 10.5 Å². The number of rotatable bonds is 10. The third kappa shape index (κ3) is 10.6. The van der Waals surface area contributed by atoms with Crippen molar-refractivity contribution < 1.29 is 0 Å². The van der Waals surface area contributed by atoms with Crippen LogP contribution in [0.2, 0.25) is 0 Å². The molecule has 0 radical (unpaired) electrons. The van der Waals surface area contributed by atoms with Crippen LogP contribution in [0.5, 0.6) is 0 Å². The van der Waals surface area contributed by atoms with Crippen molar-refractivity contribution in [1.82, 2.24) is 9.97 Å². The molecule has 0 amide bonds. The average Bonchev–Trinajstić information content (AvgIpc) is 1.53. The van der Waals surface area contributed by atoms with Crippen molar-refractivity contribution in [3.05, 3.63) is 375 Å². The zero-order valence-corrected chi connectivity index (χ0v) is 56.4. The fraction of sp³-hybridized carbons (Fsp3) is 0. The number of pyridine rings is 2. The zero-order chi connectivity index (χ0) is 69.2. The van der Waals surface area contributed by atoms with Crippen LogP contribution in [0.3, 0.4) is 0 Å². The van der Waals surface area contributed by atoms with Gasteiger partial charge in [-0.25, -0.2) is 9.97 Å². The van der Waals surface area contributed by atoms with Crippen LogP contribution in [0.4, 0.5) is 0 Å². The third-order valence-corrected chi connectivity index (χ3v) is 20.9. The van der Waals surface area contributed by atoms with Gasteiger partial charge in [0.15, 0.2) is 0 Å². The third-order valence-electron chi connectivity index (χ3n) is 20.9. The molecule has 2 aromatic heterocycles. The summed E-state index contributed by atoms with van der Waals surface area (Å²) in [6.07, 6.45) is 0. The van der Waals surface area contributed by atoms with Crippen LogP contribution < -0.4 is 0 Å². The molecule has 18 aromatic rings. The van der Waals surface area contributed by atoms with Gasteiger partial charge in [0.05, 0.1) is 46.0 Å². The molecule has 2 aliphatic carbocycles. The number of aromatic nitrogens is 2. The highest BCUT2D eigenvalue weighted by molar-refractivity contribution is 6.25. The van der Waals surface area contributed by atoms with Gasteiger partial charge in [0, 0.05) is 27.6 Å². The summed E-state index contributed by atoms with van der Waals surface area (Å²) in [6.45, 7) is 0. The van der Waals surface area contributed by atoms with Crippen molar-refractivity contribution in [2.45, 2.75) is 0 Å². The molecule has 2 aliphatic rings. The predicted molar refractivity (Wildman–Crippen MR) is 431 cm³/mol. The Balaban J connectivity index is 0.000000145. The van der Waals surface area contributed by atoms with Crippen LogP contribution in [0.25, 0.3) is 199 Å². The molecular formula is C100H60N4. The van der Waals surface area contributed by atoms with Gasteiger partial charge < -0.3 is 0 Å². The highest BCUT2D eigenvalue weighted by atomic mass is 14.7. The fourth-order valence-corrected chi connectivity index (χ4v) is 16.0. The van der Waals surface area contributed by atoms with Crippen molar-refractivity contribution >= 4 is 43.1 Å². The maximum atomic E-state index is 9.62. The van der Waals surface area contributed by atoms with Gasteiger partial charge in [-0.3, -0.25) is 0 Å². The van der Waals surface area contributed by atoms with Gasteiger partial charge in [0.25, 0.3) is 0 Å². The van der Waals surface area contributed by atoms with E-state index in [1.165, 1.54) is 104 Å². The minimum absolute atomic E-state index is 0.650. The zero-order valence-electron chi connectivity index (χ0n) is 56.4. The van der Waals surface area contributed by atoms with Crippen LogP contribution in [-0.2, 0) is 0 Å². The molecule has 0 saturated heterocycles. The van der Waals surface area contributed by atoms with Gasteiger partial charge in [-0.1, -0.05) is 303 Å².